The minimum absolute atomic E-state index is 0.126. The molecule has 2 saturated carbocycles. The fourth-order valence-electron chi connectivity index (χ4n) is 5.08. The Bertz CT molecular complexity index is 341. The van der Waals surface area contributed by atoms with Crippen LogP contribution in [0.3, 0.4) is 0 Å². The molecule has 0 saturated heterocycles. The Morgan fingerprint density at radius 3 is 1.23 bits per heavy atom. The summed E-state index contributed by atoms with van der Waals surface area (Å²) in [5.74, 6) is 0.546. The second kappa shape index (κ2) is 13.7. The lowest BCUT2D eigenvalue weighted by atomic mass is 9.81. The number of Topliss-reactive ketones (excluding diaryl/α,β-unsaturated/α-hetero) is 1. The first-order valence-electron chi connectivity index (χ1n) is 12.0. The summed E-state index contributed by atoms with van der Waals surface area (Å²) in [6.07, 6.45) is 24.1. The molecule has 0 aromatic rings. The molecule has 0 amide bonds. The molecule has 2 aliphatic rings. The van der Waals surface area contributed by atoms with Gasteiger partial charge in [-0.05, 0) is 31.6 Å². The summed E-state index contributed by atoms with van der Waals surface area (Å²) in [5.41, 5.74) is 0. The summed E-state index contributed by atoms with van der Waals surface area (Å²) < 4.78 is 0. The molecule has 0 aromatic heterocycles. The van der Waals surface area contributed by atoms with Gasteiger partial charge < -0.3 is 5.11 Å². The molecule has 0 aliphatic heterocycles. The number of aliphatic hydroxyl groups excluding tert-OH is 1. The average molecular weight is 365 g/mol. The second-order valence-corrected chi connectivity index (χ2v) is 9.12. The maximum Gasteiger partial charge on any atom is 0.164 e. The van der Waals surface area contributed by atoms with Crippen molar-refractivity contribution in [2.45, 2.75) is 135 Å². The highest BCUT2D eigenvalue weighted by molar-refractivity contribution is 5.85. The minimum Gasteiger partial charge on any atom is -0.385 e. The smallest absolute Gasteiger partial charge is 0.164 e. The lowest BCUT2D eigenvalue weighted by Gasteiger charge is -2.26. The van der Waals surface area contributed by atoms with Crippen LogP contribution in [0.2, 0.25) is 0 Å². The van der Waals surface area contributed by atoms with Crippen molar-refractivity contribution >= 4 is 5.78 Å². The van der Waals surface area contributed by atoms with E-state index in [-0.39, 0.29) is 17.6 Å². The van der Waals surface area contributed by atoms with Gasteiger partial charge in [0.05, 0.1) is 0 Å². The Morgan fingerprint density at radius 1 is 0.538 bits per heavy atom. The molecule has 0 spiro atoms. The van der Waals surface area contributed by atoms with Gasteiger partial charge in [0.15, 0.2) is 5.78 Å². The van der Waals surface area contributed by atoms with E-state index in [1.807, 2.05) is 0 Å². The zero-order valence-corrected chi connectivity index (χ0v) is 17.2. The summed E-state index contributed by atoms with van der Waals surface area (Å²) in [7, 11) is 0. The molecule has 2 rings (SSSR count). The zero-order chi connectivity index (χ0) is 18.5. The highest BCUT2D eigenvalue weighted by atomic mass is 16.3. The van der Waals surface area contributed by atoms with E-state index in [1.165, 1.54) is 103 Å². The number of carbonyl (C=O) groups excluding carboxylic acids is 1. The van der Waals surface area contributed by atoms with Gasteiger partial charge in [0, 0.05) is 5.92 Å². The van der Waals surface area contributed by atoms with E-state index in [1.54, 1.807) is 0 Å². The zero-order valence-electron chi connectivity index (χ0n) is 17.2. The number of hydrogen-bond acceptors (Lipinski definition) is 2. The molecule has 2 aliphatic carbocycles. The van der Waals surface area contributed by atoms with Crippen molar-refractivity contribution in [3.63, 3.8) is 0 Å². The van der Waals surface area contributed by atoms with Gasteiger partial charge in [-0.15, -0.1) is 0 Å². The predicted octanol–water partition coefficient (Wildman–Crippen LogP) is 6.98. The standard InChI is InChI=1S/C24H44O2/c25-23(21-17-13-9-5-1-2-6-10-14-18-21)24(26)22-19-15-11-7-3-4-8-12-16-20-22/h21-23,25H,1-20H2. The Balaban J connectivity index is 1.89. The van der Waals surface area contributed by atoms with Gasteiger partial charge in [0.25, 0.3) is 0 Å². The number of hydrogen-bond donors (Lipinski definition) is 1. The summed E-state index contributed by atoms with van der Waals surface area (Å²) >= 11 is 0. The predicted molar refractivity (Wildman–Crippen MR) is 110 cm³/mol. The minimum atomic E-state index is -0.689. The Labute approximate surface area is 162 Å². The summed E-state index contributed by atoms with van der Waals surface area (Å²) in [6, 6.07) is 0. The van der Waals surface area contributed by atoms with E-state index < -0.39 is 6.10 Å². The van der Waals surface area contributed by atoms with Crippen LogP contribution in [0.25, 0.3) is 0 Å². The van der Waals surface area contributed by atoms with Crippen LogP contribution in [-0.2, 0) is 4.79 Å². The van der Waals surface area contributed by atoms with Crippen LogP contribution in [0, 0.1) is 11.8 Å². The van der Waals surface area contributed by atoms with Gasteiger partial charge >= 0.3 is 0 Å². The van der Waals surface area contributed by atoms with Gasteiger partial charge in [0.1, 0.15) is 6.10 Å². The molecular formula is C24H44O2. The van der Waals surface area contributed by atoms with Crippen molar-refractivity contribution in [3.8, 4) is 0 Å². The summed E-state index contributed by atoms with van der Waals surface area (Å²) in [6.45, 7) is 0. The van der Waals surface area contributed by atoms with Crippen molar-refractivity contribution < 1.29 is 9.90 Å². The molecule has 0 radical (unpaired) electrons. The van der Waals surface area contributed by atoms with E-state index in [9.17, 15) is 9.90 Å². The molecule has 26 heavy (non-hydrogen) atoms. The molecule has 2 nitrogen and oxygen atoms in total. The van der Waals surface area contributed by atoms with Gasteiger partial charge in [-0.1, -0.05) is 103 Å². The van der Waals surface area contributed by atoms with Crippen LogP contribution < -0.4 is 0 Å². The molecule has 152 valence electrons. The highest BCUT2D eigenvalue weighted by Crippen LogP contribution is 2.29. The monoisotopic (exact) mass is 364 g/mol. The van der Waals surface area contributed by atoms with Crippen LogP contribution in [0.5, 0.6) is 0 Å². The van der Waals surface area contributed by atoms with E-state index in [0.29, 0.717) is 0 Å². The van der Waals surface area contributed by atoms with Crippen molar-refractivity contribution in [1.82, 2.24) is 0 Å². The molecule has 2 fully saturated rings. The van der Waals surface area contributed by atoms with Gasteiger partial charge in [-0.25, -0.2) is 0 Å². The average Bonchev–Trinajstić information content (AvgIpc) is 2.76. The Kier molecular flexibility index (Phi) is 11.6. The Hall–Kier alpha value is -0.370. The van der Waals surface area contributed by atoms with Gasteiger partial charge in [-0.2, -0.15) is 0 Å². The van der Waals surface area contributed by atoms with Crippen LogP contribution in [0.1, 0.15) is 128 Å². The van der Waals surface area contributed by atoms with Crippen molar-refractivity contribution in [3.05, 3.63) is 0 Å². The van der Waals surface area contributed by atoms with Crippen molar-refractivity contribution in [2.24, 2.45) is 11.8 Å². The van der Waals surface area contributed by atoms with E-state index in [2.05, 4.69) is 0 Å². The van der Waals surface area contributed by atoms with E-state index in [0.717, 1.165) is 25.7 Å². The molecule has 0 heterocycles. The van der Waals surface area contributed by atoms with Gasteiger partial charge in [0.2, 0.25) is 0 Å². The maximum atomic E-state index is 13.1. The van der Waals surface area contributed by atoms with Crippen LogP contribution in [0.4, 0.5) is 0 Å². The molecule has 2 heteroatoms. The molecule has 0 bridgehead atoms. The fourth-order valence-corrected chi connectivity index (χ4v) is 5.08. The van der Waals surface area contributed by atoms with Crippen molar-refractivity contribution in [2.75, 3.05) is 0 Å². The van der Waals surface area contributed by atoms with Crippen molar-refractivity contribution in [1.29, 1.82) is 0 Å². The van der Waals surface area contributed by atoms with E-state index >= 15 is 0 Å². The largest absolute Gasteiger partial charge is 0.385 e. The first-order valence-corrected chi connectivity index (χ1v) is 12.0. The maximum absolute atomic E-state index is 13.1. The topological polar surface area (TPSA) is 37.3 Å². The molecule has 1 atom stereocenters. The van der Waals surface area contributed by atoms with Crippen LogP contribution >= 0.6 is 0 Å². The summed E-state index contributed by atoms with van der Waals surface area (Å²) in [4.78, 5) is 13.1. The molecule has 0 aromatic carbocycles. The third kappa shape index (κ3) is 8.55. The SMILES string of the molecule is O=C(C1CCCCCCCCCC1)C(O)C1CCCCCCCCCC1. The third-order valence-electron chi connectivity index (χ3n) is 6.90. The quantitative estimate of drug-likeness (QED) is 0.586. The first kappa shape index (κ1) is 21.9. The van der Waals surface area contributed by atoms with E-state index in [4.69, 9.17) is 0 Å². The highest BCUT2D eigenvalue weighted by Gasteiger charge is 2.30. The number of aliphatic hydroxyl groups is 1. The first-order chi connectivity index (χ1) is 12.8. The number of rotatable bonds is 3. The number of carbonyl (C=O) groups is 1. The normalized spacial score (nSPS) is 25.6. The van der Waals surface area contributed by atoms with Gasteiger partial charge in [-0.3, -0.25) is 4.79 Å². The lowest BCUT2D eigenvalue weighted by molar-refractivity contribution is -0.135. The third-order valence-corrected chi connectivity index (χ3v) is 6.90. The van der Waals surface area contributed by atoms with Crippen LogP contribution in [-0.4, -0.2) is 17.0 Å². The molecule has 1 N–H and O–H groups in total. The molecular weight excluding hydrogens is 320 g/mol. The second-order valence-electron chi connectivity index (χ2n) is 9.12. The Morgan fingerprint density at radius 2 is 0.846 bits per heavy atom. The lowest BCUT2D eigenvalue weighted by Crippen LogP contribution is -2.35. The fraction of sp³-hybridized carbons (Fsp3) is 0.958. The molecule has 1 unspecified atom stereocenters. The number of ketones is 1. The summed E-state index contributed by atoms with van der Waals surface area (Å²) in [5, 5.41) is 10.9. The van der Waals surface area contributed by atoms with Crippen LogP contribution in [0.15, 0.2) is 0 Å².